The molecular formula is C24H18N6O3. The van der Waals surface area contributed by atoms with Crippen LogP contribution in [0.15, 0.2) is 89.7 Å². The minimum Gasteiger partial charge on any atom is -0.463 e. The zero-order chi connectivity index (χ0) is 22.6. The summed E-state index contributed by atoms with van der Waals surface area (Å²) in [6.45, 7) is 0. The molecule has 3 aromatic rings. The van der Waals surface area contributed by atoms with Gasteiger partial charge in [-0.25, -0.2) is 9.67 Å². The number of pyridine rings is 1. The number of aromatic nitrogens is 5. The minimum atomic E-state index is -0.283. The first kappa shape index (κ1) is 20.2. The molecule has 0 radical (unpaired) electrons. The van der Waals surface area contributed by atoms with Gasteiger partial charge in [0.15, 0.2) is 12.0 Å². The fourth-order valence-electron chi connectivity index (χ4n) is 3.56. The summed E-state index contributed by atoms with van der Waals surface area (Å²) in [4.78, 5) is 16.7. The van der Waals surface area contributed by atoms with Crippen molar-refractivity contribution in [2.75, 3.05) is 0 Å². The zero-order valence-corrected chi connectivity index (χ0v) is 17.5. The fraction of sp³-hybridized carbons (Fsp3) is 0.125. The maximum absolute atomic E-state index is 12.7. The van der Waals surface area contributed by atoms with Gasteiger partial charge in [0.25, 0.3) is 5.88 Å². The van der Waals surface area contributed by atoms with Crippen molar-refractivity contribution in [3.8, 4) is 23.1 Å². The molecule has 1 aliphatic heterocycles. The standard InChI is InChI=1S/C24H18N6O3/c25-14-18-13-19(6-9-26-18)29-11-8-22(31)24(28-29)21-7-10-27-30(21)23-16-32-15-20(33-23)12-17-4-2-1-3-5-17/h1-2,4,6-11,13,15-16H,3,5,12H2. The zero-order valence-electron chi connectivity index (χ0n) is 17.5. The number of allylic oxidation sites excluding steroid dienone is 4. The Balaban J connectivity index is 1.45. The Kier molecular flexibility index (Phi) is 5.39. The first-order valence-corrected chi connectivity index (χ1v) is 10.3. The predicted molar refractivity (Wildman–Crippen MR) is 119 cm³/mol. The summed E-state index contributed by atoms with van der Waals surface area (Å²) in [6.07, 6.45) is 16.5. The highest BCUT2D eigenvalue weighted by molar-refractivity contribution is 5.59. The second-order valence-corrected chi connectivity index (χ2v) is 7.36. The van der Waals surface area contributed by atoms with Crippen molar-refractivity contribution in [3.05, 3.63) is 101 Å². The molecular weight excluding hydrogens is 420 g/mol. The summed E-state index contributed by atoms with van der Waals surface area (Å²) in [6, 6.07) is 8.37. The molecule has 1 aliphatic carbocycles. The van der Waals surface area contributed by atoms with Crippen LogP contribution in [-0.4, -0.2) is 24.5 Å². The molecule has 0 spiro atoms. The van der Waals surface area contributed by atoms with Crippen LogP contribution < -0.4 is 5.43 Å². The van der Waals surface area contributed by atoms with Gasteiger partial charge in [-0.1, -0.05) is 23.8 Å². The molecule has 0 N–H and O–H groups in total. The fourth-order valence-corrected chi connectivity index (χ4v) is 3.56. The smallest absolute Gasteiger partial charge is 0.256 e. The minimum absolute atomic E-state index is 0.172. The molecule has 0 saturated carbocycles. The Bertz CT molecular complexity index is 1430. The monoisotopic (exact) mass is 438 g/mol. The lowest BCUT2D eigenvalue weighted by atomic mass is 10.0. The van der Waals surface area contributed by atoms with E-state index in [0.717, 1.165) is 12.8 Å². The maximum atomic E-state index is 12.7. The summed E-state index contributed by atoms with van der Waals surface area (Å²) >= 11 is 0. The van der Waals surface area contributed by atoms with Gasteiger partial charge >= 0.3 is 0 Å². The molecule has 0 bridgehead atoms. The Morgan fingerprint density at radius 2 is 2.12 bits per heavy atom. The Labute approximate surface area is 188 Å². The molecule has 0 amide bonds. The van der Waals surface area contributed by atoms with E-state index < -0.39 is 0 Å². The van der Waals surface area contributed by atoms with Crippen LogP contribution in [0.2, 0.25) is 0 Å². The van der Waals surface area contributed by atoms with E-state index in [0.29, 0.717) is 29.4 Å². The van der Waals surface area contributed by atoms with Crippen molar-refractivity contribution >= 4 is 5.88 Å². The van der Waals surface area contributed by atoms with Crippen molar-refractivity contribution in [2.45, 2.75) is 19.3 Å². The van der Waals surface area contributed by atoms with Gasteiger partial charge < -0.3 is 9.47 Å². The van der Waals surface area contributed by atoms with Gasteiger partial charge in [-0.15, -0.1) is 0 Å². The number of nitriles is 1. The van der Waals surface area contributed by atoms with E-state index in [4.69, 9.17) is 14.7 Å². The van der Waals surface area contributed by atoms with Gasteiger partial charge in [-0.05, 0) is 25.0 Å². The second kappa shape index (κ2) is 8.80. The normalized spacial score (nSPS) is 14.9. The average molecular weight is 438 g/mol. The van der Waals surface area contributed by atoms with Crippen LogP contribution in [-0.2, 0) is 9.47 Å². The van der Waals surface area contributed by atoms with Crippen LogP contribution in [0.3, 0.4) is 0 Å². The van der Waals surface area contributed by atoms with Crippen LogP contribution in [0.25, 0.3) is 23.0 Å². The van der Waals surface area contributed by atoms with Crippen LogP contribution in [0.1, 0.15) is 25.0 Å². The Hall–Kier alpha value is -4.71. The van der Waals surface area contributed by atoms with Gasteiger partial charge in [-0.2, -0.15) is 20.1 Å². The molecule has 0 unspecified atom stereocenters. The van der Waals surface area contributed by atoms with E-state index >= 15 is 0 Å². The van der Waals surface area contributed by atoms with E-state index in [1.807, 2.05) is 12.1 Å². The number of rotatable bonds is 5. The van der Waals surface area contributed by atoms with Gasteiger partial charge in [0, 0.05) is 30.9 Å². The number of nitrogens with zero attached hydrogens (tertiary/aromatic N) is 6. The lowest BCUT2D eigenvalue weighted by Gasteiger charge is -2.19. The van der Waals surface area contributed by atoms with Crippen LogP contribution >= 0.6 is 0 Å². The third-order valence-corrected chi connectivity index (χ3v) is 5.13. The summed E-state index contributed by atoms with van der Waals surface area (Å²) < 4.78 is 14.5. The maximum Gasteiger partial charge on any atom is 0.256 e. The second-order valence-electron chi connectivity index (χ2n) is 7.36. The van der Waals surface area contributed by atoms with Gasteiger partial charge in [0.05, 0.1) is 11.9 Å². The molecule has 9 heteroatoms. The molecule has 5 rings (SSSR count). The molecule has 33 heavy (non-hydrogen) atoms. The highest BCUT2D eigenvalue weighted by atomic mass is 16.6. The van der Waals surface area contributed by atoms with Crippen LogP contribution in [0, 0.1) is 11.3 Å². The molecule has 9 nitrogen and oxygen atoms in total. The van der Waals surface area contributed by atoms with Crippen molar-refractivity contribution in [1.29, 1.82) is 5.26 Å². The summed E-state index contributed by atoms with van der Waals surface area (Å²) in [5, 5.41) is 17.9. The molecule has 3 aromatic heterocycles. The van der Waals surface area contributed by atoms with Gasteiger partial charge in [0.2, 0.25) is 5.43 Å². The Morgan fingerprint density at radius 1 is 1.18 bits per heavy atom. The molecule has 2 aliphatic rings. The van der Waals surface area contributed by atoms with Crippen molar-refractivity contribution in [1.82, 2.24) is 24.5 Å². The van der Waals surface area contributed by atoms with Crippen LogP contribution in [0.4, 0.5) is 0 Å². The van der Waals surface area contributed by atoms with E-state index in [1.165, 1.54) is 39.7 Å². The first-order valence-electron chi connectivity index (χ1n) is 10.3. The lowest BCUT2D eigenvalue weighted by molar-refractivity contribution is 0.254. The highest BCUT2D eigenvalue weighted by Crippen LogP contribution is 2.28. The van der Waals surface area contributed by atoms with Crippen molar-refractivity contribution < 1.29 is 9.47 Å². The third-order valence-electron chi connectivity index (χ3n) is 5.13. The number of hydrogen-bond acceptors (Lipinski definition) is 7. The summed E-state index contributed by atoms with van der Waals surface area (Å²) in [7, 11) is 0. The topological polar surface area (TPSA) is 108 Å². The van der Waals surface area contributed by atoms with Crippen LogP contribution in [0.5, 0.6) is 0 Å². The molecule has 4 heterocycles. The largest absolute Gasteiger partial charge is 0.463 e. The average Bonchev–Trinajstić information content (AvgIpc) is 3.35. The number of hydrogen-bond donors (Lipinski definition) is 0. The van der Waals surface area contributed by atoms with Crippen molar-refractivity contribution in [3.63, 3.8) is 0 Å². The quantitative estimate of drug-likeness (QED) is 0.598. The molecule has 162 valence electrons. The highest BCUT2D eigenvalue weighted by Gasteiger charge is 2.20. The third kappa shape index (κ3) is 4.22. The van der Waals surface area contributed by atoms with Gasteiger partial charge in [-0.3, -0.25) is 4.79 Å². The molecule has 0 atom stereocenters. The molecule has 0 saturated heterocycles. The van der Waals surface area contributed by atoms with E-state index in [1.54, 1.807) is 30.7 Å². The summed E-state index contributed by atoms with van der Waals surface area (Å²) in [5.41, 5.74) is 2.43. The first-order chi connectivity index (χ1) is 16.2. The predicted octanol–water partition coefficient (Wildman–Crippen LogP) is 3.67. The number of ether oxygens (including phenoxy) is 2. The van der Waals surface area contributed by atoms with E-state index in [2.05, 4.69) is 27.3 Å². The lowest BCUT2D eigenvalue weighted by Crippen LogP contribution is -2.16. The molecule has 0 aromatic carbocycles. The van der Waals surface area contributed by atoms with Crippen molar-refractivity contribution in [2.24, 2.45) is 0 Å². The summed E-state index contributed by atoms with van der Waals surface area (Å²) in [5.74, 6) is 0.974. The SMILES string of the molecule is N#Cc1cc(-n2ccc(=O)c(-c3ccnn3C3=COC=C(CC4=CC=CCC4)O3)n2)ccn1. The van der Waals surface area contributed by atoms with Gasteiger partial charge in [0.1, 0.15) is 29.5 Å². The Morgan fingerprint density at radius 3 is 2.97 bits per heavy atom. The van der Waals surface area contributed by atoms with E-state index in [-0.39, 0.29) is 16.8 Å². The van der Waals surface area contributed by atoms with E-state index in [9.17, 15) is 4.79 Å². The molecule has 0 fully saturated rings.